The zero-order valence-corrected chi connectivity index (χ0v) is 10.0. The summed E-state index contributed by atoms with van der Waals surface area (Å²) in [6.45, 7) is 0.376. The summed E-state index contributed by atoms with van der Waals surface area (Å²) in [5.74, 6) is 1.51. The van der Waals surface area contributed by atoms with Gasteiger partial charge in [-0.1, -0.05) is 11.2 Å². The number of rotatable bonds is 3. The molecule has 1 heterocycles. The SMILES string of the molecule is OC1CCCc2cc(OCc3ccno3)ccc21. The van der Waals surface area contributed by atoms with E-state index in [4.69, 9.17) is 9.26 Å². The lowest BCUT2D eigenvalue weighted by atomic mass is 9.89. The van der Waals surface area contributed by atoms with Gasteiger partial charge >= 0.3 is 0 Å². The molecule has 0 saturated heterocycles. The zero-order valence-electron chi connectivity index (χ0n) is 10.0. The van der Waals surface area contributed by atoms with Crippen LogP contribution in [0.25, 0.3) is 0 Å². The fourth-order valence-electron chi connectivity index (χ4n) is 2.33. The average molecular weight is 245 g/mol. The molecule has 1 aliphatic rings. The van der Waals surface area contributed by atoms with E-state index in [1.165, 1.54) is 5.56 Å². The largest absolute Gasteiger partial charge is 0.486 e. The van der Waals surface area contributed by atoms with Crippen molar-refractivity contribution in [1.82, 2.24) is 5.16 Å². The van der Waals surface area contributed by atoms with Crippen molar-refractivity contribution in [2.75, 3.05) is 0 Å². The molecule has 1 aliphatic carbocycles. The Kier molecular flexibility index (Phi) is 3.02. The van der Waals surface area contributed by atoms with Gasteiger partial charge in [0.2, 0.25) is 0 Å². The number of hydrogen-bond acceptors (Lipinski definition) is 4. The first-order valence-electron chi connectivity index (χ1n) is 6.16. The lowest BCUT2D eigenvalue weighted by Gasteiger charge is -2.21. The minimum atomic E-state index is -0.322. The lowest BCUT2D eigenvalue weighted by Crippen LogP contribution is -2.09. The Labute approximate surface area is 105 Å². The number of aliphatic hydroxyl groups is 1. The van der Waals surface area contributed by atoms with E-state index in [-0.39, 0.29) is 6.10 Å². The molecule has 1 atom stereocenters. The van der Waals surface area contributed by atoms with E-state index in [2.05, 4.69) is 5.16 Å². The van der Waals surface area contributed by atoms with Gasteiger partial charge in [0.25, 0.3) is 0 Å². The van der Waals surface area contributed by atoms with Gasteiger partial charge in [0.1, 0.15) is 12.4 Å². The van der Waals surface area contributed by atoms with Crippen LogP contribution < -0.4 is 4.74 Å². The topological polar surface area (TPSA) is 55.5 Å². The Morgan fingerprint density at radius 2 is 2.33 bits per heavy atom. The summed E-state index contributed by atoms with van der Waals surface area (Å²) in [4.78, 5) is 0. The van der Waals surface area contributed by atoms with E-state index in [0.717, 1.165) is 30.6 Å². The maximum atomic E-state index is 9.87. The van der Waals surface area contributed by atoms with Gasteiger partial charge in [-0.3, -0.25) is 0 Å². The minimum Gasteiger partial charge on any atom is -0.486 e. The molecule has 0 aliphatic heterocycles. The van der Waals surface area contributed by atoms with Gasteiger partial charge < -0.3 is 14.4 Å². The highest BCUT2D eigenvalue weighted by atomic mass is 16.5. The van der Waals surface area contributed by atoms with E-state index in [1.54, 1.807) is 12.3 Å². The highest BCUT2D eigenvalue weighted by Crippen LogP contribution is 2.32. The van der Waals surface area contributed by atoms with Crippen molar-refractivity contribution in [2.45, 2.75) is 32.0 Å². The first-order chi connectivity index (χ1) is 8.83. The first-order valence-corrected chi connectivity index (χ1v) is 6.16. The highest BCUT2D eigenvalue weighted by Gasteiger charge is 2.18. The summed E-state index contributed by atoms with van der Waals surface area (Å²) in [6, 6.07) is 7.63. The smallest absolute Gasteiger partial charge is 0.174 e. The third-order valence-electron chi connectivity index (χ3n) is 3.27. The molecule has 2 aromatic rings. The third-order valence-corrected chi connectivity index (χ3v) is 3.27. The van der Waals surface area contributed by atoms with Gasteiger partial charge in [0, 0.05) is 6.07 Å². The van der Waals surface area contributed by atoms with Crippen molar-refractivity contribution in [1.29, 1.82) is 0 Å². The van der Waals surface area contributed by atoms with Crippen LogP contribution in [0, 0.1) is 0 Å². The summed E-state index contributed by atoms with van der Waals surface area (Å²) in [6.07, 6.45) is 4.16. The summed E-state index contributed by atoms with van der Waals surface area (Å²) >= 11 is 0. The molecule has 1 N–H and O–H groups in total. The van der Waals surface area contributed by atoms with Gasteiger partial charge in [-0.05, 0) is 42.5 Å². The van der Waals surface area contributed by atoms with Crippen LogP contribution in [0.4, 0.5) is 0 Å². The van der Waals surface area contributed by atoms with Crippen LogP contribution in [0.2, 0.25) is 0 Å². The predicted molar refractivity (Wildman–Crippen MR) is 65.2 cm³/mol. The molecule has 1 aromatic carbocycles. The molecule has 1 unspecified atom stereocenters. The number of nitrogens with zero attached hydrogens (tertiary/aromatic N) is 1. The molecular formula is C14H15NO3. The van der Waals surface area contributed by atoms with Crippen molar-refractivity contribution in [3.05, 3.63) is 47.3 Å². The molecule has 94 valence electrons. The number of benzene rings is 1. The molecule has 0 saturated carbocycles. The van der Waals surface area contributed by atoms with Crippen LogP contribution in [-0.4, -0.2) is 10.3 Å². The second kappa shape index (κ2) is 4.82. The van der Waals surface area contributed by atoms with Crippen molar-refractivity contribution >= 4 is 0 Å². The molecule has 18 heavy (non-hydrogen) atoms. The number of aliphatic hydroxyl groups excluding tert-OH is 1. The van der Waals surface area contributed by atoms with Crippen molar-refractivity contribution in [3.63, 3.8) is 0 Å². The second-order valence-electron chi connectivity index (χ2n) is 4.54. The van der Waals surface area contributed by atoms with Crippen molar-refractivity contribution in [3.8, 4) is 5.75 Å². The Hall–Kier alpha value is -1.81. The molecule has 3 rings (SSSR count). The highest BCUT2D eigenvalue weighted by molar-refractivity contribution is 5.38. The van der Waals surface area contributed by atoms with E-state index in [9.17, 15) is 5.11 Å². The van der Waals surface area contributed by atoms with E-state index >= 15 is 0 Å². The normalized spacial score (nSPS) is 18.4. The Morgan fingerprint density at radius 1 is 1.39 bits per heavy atom. The van der Waals surface area contributed by atoms with Crippen molar-refractivity contribution in [2.24, 2.45) is 0 Å². The fraction of sp³-hybridized carbons (Fsp3) is 0.357. The fourth-order valence-corrected chi connectivity index (χ4v) is 2.33. The maximum absolute atomic E-state index is 9.87. The van der Waals surface area contributed by atoms with E-state index in [0.29, 0.717) is 12.4 Å². The minimum absolute atomic E-state index is 0.322. The van der Waals surface area contributed by atoms with Crippen LogP contribution >= 0.6 is 0 Å². The summed E-state index contributed by atoms with van der Waals surface area (Å²) in [5, 5.41) is 13.5. The van der Waals surface area contributed by atoms with Gasteiger partial charge in [-0.2, -0.15) is 0 Å². The molecule has 0 spiro atoms. The molecule has 0 amide bonds. The number of hydrogen-bond donors (Lipinski definition) is 1. The molecule has 1 aromatic heterocycles. The van der Waals surface area contributed by atoms with Crippen LogP contribution in [0.15, 0.2) is 35.0 Å². The first kappa shape index (κ1) is 11.3. The van der Waals surface area contributed by atoms with Crippen molar-refractivity contribution < 1.29 is 14.4 Å². The molecule has 0 radical (unpaired) electrons. The number of ether oxygens (including phenoxy) is 1. The van der Waals surface area contributed by atoms with Crippen LogP contribution in [0.5, 0.6) is 5.75 Å². The number of aryl methyl sites for hydroxylation is 1. The number of aromatic nitrogens is 1. The Morgan fingerprint density at radius 3 is 3.17 bits per heavy atom. The summed E-state index contributed by atoms with van der Waals surface area (Å²) < 4.78 is 10.6. The van der Waals surface area contributed by atoms with Crippen LogP contribution in [0.3, 0.4) is 0 Å². The monoisotopic (exact) mass is 245 g/mol. The van der Waals surface area contributed by atoms with Crippen LogP contribution in [0.1, 0.15) is 35.8 Å². The molecular weight excluding hydrogens is 230 g/mol. The Balaban J connectivity index is 1.74. The number of fused-ring (bicyclic) bond motifs is 1. The maximum Gasteiger partial charge on any atom is 0.174 e. The van der Waals surface area contributed by atoms with Gasteiger partial charge in [0.05, 0.1) is 12.3 Å². The second-order valence-corrected chi connectivity index (χ2v) is 4.54. The zero-order chi connectivity index (χ0) is 12.4. The lowest BCUT2D eigenvalue weighted by molar-refractivity contribution is 0.156. The molecule has 0 fully saturated rings. The third kappa shape index (κ3) is 2.24. The quantitative estimate of drug-likeness (QED) is 0.903. The molecule has 0 bridgehead atoms. The van der Waals surface area contributed by atoms with Gasteiger partial charge in [-0.25, -0.2) is 0 Å². The van der Waals surface area contributed by atoms with E-state index in [1.807, 2.05) is 18.2 Å². The van der Waals surface area contributed by atoms with Gasteiger partial charge in [-0.15, -0.1) is 0 Å². The standard InChI is InChI=1S/C14H15NO3/c16-14-3-1-2-10-8-11(4-5-13(10)14)17-9-12-6-7-15-18-12/h4-8,14,16H,1-3,9H2. The summed E-state index contributed by atoms with van der Waals surface area (Å²) in [7, 11) is 0. The van der Waals surface area contributed by atoms with Gasteiger partial charge in [0.15, 0.2) is 5.76 Å². The average Bonchev–Trinajstić information content (AvgIpc) is 2.90. The van der Waals surface area contributed by atoms with E-state index < -0.39 is 0 Å². The Bertz CT molecular complexity index is 522. The molecule has 4 heteroatoms. The predicted octanol–water partition coefficient (Wildman–Crippen LogP) is 2.62. The summed E-state index contributed by atoms with van der Waals surface area (Å²) in [5.41, 5.74) is 2.22. The van der Waals surface area contributed by atoms with Crippen LogP contribution in [-0.2, 0) is 13.0 Å². The molecule has 4 nitrogen and oxygen atoms in total.